The summed E-state index contributed by atoms with van der Waals surface area (Å²) in [6.07, 6.45) is 6.40. The zero-order chi connectivity index (χ0) is 18.9. The summed E-state index contributed by atoms with van der Waals surface area (Å²) in [7, 11) is -3.27. The molecule has 1 saturated heterocycles. The molecule has 2 aromatic heterocycles. The van der Waals surface area contributed by atoms with Crippen molar-refractivity contribution in [1.82, 2.24) is 19.9 Å². The molecule has 1 aliphatic rings. The lowest BCUT2D eigenvalue weighted by Crippen LogP contribution is -2.46. The monoisotopic (exact) mass is 383 g/mol. The molecule has 7 nitrogen and oxygen atoms in total. The van der Waals surface area contributed by atoms with Crippen LogP contribution in [-0.4, -0.2) is 60.7 Å². The van der Waals surface area contributed by atoms with Gasteiger partial charge in [-0.05, 0) is 35.9 Å². The van der Waals surface area contributed by atoms with Gasteiger partial charge in [0.15, 0.2) is 9.84 Å². The Bertz CT molecular complexity index is 1050. The second-order valence-corrected chi connectivity index (χ2v) is 8.78. The number of sulfone groups is 1. The molecule has 140 valence electrons. The average molecular weight is 383 g/mol. The number of fused-ring (bicyclic) bond motifs is 1. The number of pyridine rings is 1. The van der Waals surface area contributed by atoms with Crippen LogP contribution in [0.2, 0.25) is 0 Å². The maximum atomic E-state index is 11.9. The van der Waals surface area contributed by atoms with E-state index < -0.39 is 9.84 Å². The van der Waals surface area contributed by atoms with E-state index >= 15 is 0 Å². The molecule has 0 aliphatic carbocycles. The van der Waals surface area contributed by atoms with Gasteiger partial charge in [-0.15, -0.1) is 0 Å². The van der Waals surface area contributed by atoms with Crippen LogP contribution >= 0.6 is 0 Å². The number of rotatable bonds is 4. The first kappa shape index (κ1) is 17.8. The molecule has 0 N–H and O–H groups in total. The van der Waals surface area contributed by atoms with Gasteiger partial charge in [-0.3, -0.25) is 9.88 Å². The van der Waals surface area contributed by atoms with Crippen molar-refractivity contribution in [2.24, 2.45) is 0 Å². The summed E-state index contributed by atoms with van der Waals surface area (Å²) < 4.78 is 23.8. The minimum absolute atomic E-state index is 0.294. The Morgan fingerprint density at radius 2 is 1.74 bits per heavy atom. The fraction of sp³-hybridized carbons (Fsp3) is 0.316. The normalized spacial score (nSPS) is 16.0. The summed E-state index contributed by atoms with van der Waals surface area (Å²) in [5.41, 5.74) is 2.01. The highest BCUT2D eigenvalue weighted by molar-refractivity contribution is 7.90. The largest absolute Gasteiger partial charge is 0.353 e. The topological polar surface area (TPSA) is 79.3 Å². The fourth-order valence-electron chi connectivity index (χ4n) is 3.37. The molecule has 0 unspecified atom stereocenters. The van der Waals surface area contributed by atoms with Crippen molar-refractivity contribution in [3.05, 3.63) is 54.6 Å². The number of aromatic nitrogens is 3. The summed E-state index contributed by atoms with van der Waals surface area (Å²) in [6.45, 7) is 4.40. The quantitative estimate of drug-likeness (QED) is 0.679. The van der Waals surface area contributed by atoms with E-state index in [0.29, 0.717) is 4.90 Å². The lowest BCUT2D eigenvalue weighted by atomic mass is 10.2. The molecule has 4 rings (SSSR count). The number of hydrogen-bond acceptors (Lipinski definition) is 7. The highest BCUT2D eigenvalue weighted by Gasteiger charge is 2.21. The summed E-state index contributed by atoms with van der Waals surface area (Å²) in [6, 6.07) is 9.11. The van der Waals surface area contributed by atoms with Crippen LogP contribution in [0, 0.1) is 0 Å². The Morgan fingerprint density at radius 1 is 1.00 bits per heavy atom. The Hall–Kier alpha value is -2.58. The molecular formula is C19H21N5O2S. The lowest BCUT2D eigenvalue weighted by molar-refractivity contribution is 0.249. The molecule has 3 heterocycles. The molecule has 0 atom stereocenters. The zero-order valence-corrected chi connectivity index (χ0v) is 15.9. The van der Waals surface area contributed by atoms with Gasteiger partial charge in [0.1, 0.15) is 12.1 Å². The van der Waals surface area contributed by atoms with Crippen molar-refractivity contribution >= 4 is 26.6 Å². The zero-order valence-electron chi connectivity index (χ0n) is 15.1. The number of benzene rings is 1. The van der Waals surface area contributed by atoms with Gasteiger partial charge < -0.3 is 4.90 Å². The van der Waals surface area contributed by atoms with E-state index in [1.165, 1.54) is 11.8 Å². The molecule has 1 aromatic carbocycles. The van der Waals surface area contributed by atoms with Crippen LogP contribution in [0.5, 0.6) is 0 Å². The van der Waals surface area contributed by atoms with E-state index in [2.05, 4.69) is 24.8 Å². The molecule has 1 fully saturated rings. The van der Waals surface area contributed by atoms with Gasteiger partial charge in [0, 0.05) is 56.8 Å². The second-order valence-electron chi connectivity index (χ2n) is 6.77. The lowest BCUT2D eigenvalue weighted by Gasteiger charge is -2.35. The van der Waals surface area contributed by atoms with Crippen molar-refractivity contribution < 1.29 is 8.42 Å². The van der Waals surface area contributed by atoms with Crippen molar-refractivity contribution in [2.45, 2.75) is 11.4 Å². The van der Waals surface area contributed by atoms with E-state index in [0.717, 1.165) is 49.4 Å². The molecule has 27 heavy (non-hydrogen) atoms. The minimum atomic E-state index is -3.27. The third kappa shape index (κ3) is 3.91. The van der Waals surface area contributed by atoms with Crippen LogP contribution in [0.1, 0.15) is 5.56 Å². The first-order valence-corrected chi connectivity index (χ1v) is 10.7. The summed E-state index contributed by atoms with van der Waals surface area (Å²) in [5.74, 6) is 0.800. The van der Waals surface area contributed by atoms with Gasteiger partial charge >= 0.3 is 0 Å². The summed E-state index contributed by atoms with van der Waals surface area (Å²) >= 11 is 0. The Labute approximate surface area is 158 Å². The smallest absolute Gasteiger partial charge is 0.175 e. The van der Waals surface area contributed by atoms with Crippen LogP contribution < -0.4 is 4.90 Å². The van der Waals surface area contributed by atoms with Crippen molar-refractivity contribution in [3.8, 4) is 0 Å². The number of anilines is 1. The average Bonchev–Trinajstić information content (AvgIpc) is 2.68. The van der Waals surface area contributed by atoms with E-state index in [-0.39, 0.29) is 0 Å². The predicted octanol–water partition coefficient (Wildman–Crippen LogP) is 1.75. The SMILES string of the molecule is CS(=O)(=O)c1ccc2ncnc(N3CCN(Cc4ccncc4)CC3)c2c1. The van der Waals surface area contributed by atoms with Crippen LogP contribution in [0.4, 0.5) is 5.82 Å². The first-order chi connectivity index (χ1) is 13.0. The van der Waals surface area contributed by atoms with Gasteiger partial charge in [0.25, 0.3) is 0 Å². The van der Waals surface area contributed by atoms with Crippen molar-refractivity contribution in [1.29, 1.82) is 0 Å². The molecule has 0 spiro atoms. The Morgan fingerprint density at radius 3 is 2.44 bits per heavy atom. The third-order valence-corrected chi connectivity index (χ3v) is 5.95. The molecule has 3 aromatic rings. The highest BCUT2D eigenvalue weighted by atomic mass is 32.2. The van der Waals surface area contributed by atoms with E-state index in [4.69, 9.17) is 0 Å². The fourth-order valence-corrected chi connectivity index (χ4v) is 4.02. The number of piperazine rings is 1. The van der Waals surface area contributed by atoms with Gasteiger partial charge in [-0.2, -0.15) is 0 Å². The van der Waals surface area contributed by atoms with Crippen LogP contribution in [0.25, 0.3) is 10.9 Å². The molecular weight excluding hydrogens is 362 g/mol. The molecule has 0 saturated carbocycles. The minimum Gasteiger partial charge on any atom is -0.353 e. The summed E-state index contributed by atoms with van der Waals surface area (Å²) in [4.78, 5) is 17.7. The highest BCUT2D eigenvalue weighted by Crippen LogP contribution is 2.26. The molecule has 1 aliphatic heterocycles. The Kier molecular flexibility index (Phi) is 4.75. The molecule has 0 radical (unpaired) electrons. The van der Waals surface area contributed by atoms with Gasteiger partial charge in [0.05, 0.1) is 10.4 Å². The Balaban J connectivity index is 1.55. The van der Waals surface area contributed by atoms with Crippen molar-refractivity contribution in [2.75, 3.05) is 37.3 Å². The number of hydrogen-bond donors (Lipinski definition) is 0. The molecule has 8 heteroatoms. The number of nitrogens with zero attached hydrogens (tertiary/aromatic N) is 5. The van der Waals surface area contributed by atoms with Crippen LogP contribution in [-0.2, 0) is 16.4 Å². The van der Waals surface area contributed by atoms with Gasteiger partial charge in [-0.1, -0.05) is 0 Å². The predicted molar refractivity (Wildman–Crippen MR) is 104 cm³/mol. The van der Waals surface area contributed by atoms with Crippen LogP contribution in [0.15, 0.2) is 53.9 Å². The first-order valence-electron chi connectivity index (χ1n) is 8.82. The van der Waals surface area contributed by atoms with E-state index in [9.17, 15) is 8.42 Å². The maximum absolute atomic E-state index is 11.9. The summed E-state index contributed by atoms with van der Waals surface area (Å²) in [5, 5.41) is 0.781. The third-order valence-electron chi connectivity index (χ3n) is 4.84. The second kappa shape index (κ2) is 7.21. The maximum Gasteiger partial charge on any atom is 0.175 e. The van der Waals surface area contributed by atoms with Gasteiger partial charge in [0.2, 0.25) is 0 Å². The van der Waals surface area contributed by atoms with E-state index in [1.54, 1.807) is 24.5 Å². The van der Waals surface area contributed by atoms with E-state index in [1.807, 2.05) is 24.5 Å². The van der Waals surface area contributed by atoms with Gasteiger partial charge in [-0.25, -0.2) is 18.4 Å². The molecule has 0 bridgehead atoms. The molecule has 0 amide bonds. The standard InChI is InChI=1S/C19H21N5O2S/c1-27(25,26)16-2-3-18-17(12-16)19(22-14-21-18)24-10-8-23(9-11-24)13-15-4-6-20-7-5-15/h2-7,12,14H,8-11,13H2,1H3. The van der Waals surface area contributed by atoms with Crippen molar-refractivity contribution in [3.63, 3.8) is 0 Å². The van der Waals surface area contributed by atoms with Crippen LogP contribution in [0.3, 0.4) is 0 Å².